The summed E-state index contributed by atoms with van der Waals surface area (Å²) in [5.74, 6) is 0.0643. The molecule has 6 nitrogen and oxygen atoms in total. The number of rotatable bonds is 5. The largest absolute Gasteiger partial charge is 0.417 e. The SMILES string of the molecule is Cc1cc(-c2ccc(S(=O)(=O)[C@H]3CC[C@H](OC4CCS(=O)(=O)CC4)C3)c(C(F)(F)F)c2)ccn1. The third kappa shape index (κ3) is 5.46. The zero-order chi connectivity index (χ0) is 24.7. The number of halogens is 3. The van der Waals surface area contributed by atoms with Gasteiger partial charge in [-0.15, -0.1) is 0 Å². The molecule has 2 aromatic rings. The minimum atomic E-state index is -4.84. The number of ether oxygens (including phenoxy) is 1. The van der Waals surface area contributed by atoms with Crippen LogP contribution >= 0.6 is 0 Å². The Kier molecular flexibility index (Phi) is 6.82. The van der Waals surface area contributed by atoms with Crippen LogP contribution in [0.15, 0.2) is 41.4 Å². The highest BCUT2D eigenvalue weighted by Crippen LogP contribution is 2.41. The average Bonchev–Trinajstić information content (AvgIpc) is 3.24. The smallest absolute Gasteiger partial charge is 0.375 e. The minimum Gasteiger partial charge on any atom is -0.375 e. The number of nitrogens with zero attached hydrogens (tertiary/aromatic N) is 1. The number of benzene rings is 1. The molecule has 2 heterocycles. The summed E-state index contributed by atoms with van der Waals surface area (Å²) in [6.07, 6.45) is -2.65. The first-order valence-electron chi connectivity index (χ1n) is 11.1. The van der Waals surface area contributed by atoms with Gasteiger partial charge in [-0.25, -0.2) is 16.8 Å². The van der Waals surface area contributed by atoms with Gasteiger partial charge in [0.25, 0.3) is 0 Å². The van der Waals surface area contributed by atoms with Crippen LogP contribution in [0.3, 0.4) is 0 Å². The van der Waals surface area contributed by atoms with E-state index in [0.29, 0.717) is 30.5 Å². The number of aryl methyl sites for hydroxylation is 1. The summed E-state index contributed by atoms with van der Waals surface area (Å²) in [5.41, 5.74) is 0.235. The Hall–Kier alpha value is -1.98. The van der Waals surface area contributed by atoms with Crippen LogP contribution in [0.4, 0.5) is 13.2 Å². The van der Waals surface area contributed by atoms with Crippen molar-refractivity contribution >= 4 is 19.7 Å². The maximum absolute atomic E-state index is 13.9. The molecule has 2 fully saturated rings. The van der Waals surface area contributed by atoms with Crippen molar-refractivity contribution in [1.29, 1.82) is 0 Å². The van der Waals surface area contributed by atoms with E-state index in [4.69, 9.17) is 4.74 Å². The molecule has 0 unspecified atom stereocenters. The fourth-order valence-corrected chi connectivity index (χ4v) is 8.13. The van der Waals surface area contributed by atoms with Crippen LogP contribution in [-0.2, 0) is 30.6 Å². The molecule has 186 valence electrons. The third-order valence-electron chi connectivity index (χ3n) is 6.48. The highest BCUT2D eigenvalue weighted by Gasteiger charge is 2.43. The van der Waals surface area contributed by atoms with E-state index >= 15 is 0 Å². The van der Waals surface area contributed by atoms with Crippen LogP contribution in [0.25, 0.3) is 11.1 Å². The third-order valence-corrected chi connectivity index (χ3v) is 10.5. The molecule has 1 aliphatic heterocycles. The summed E-state index contributed by atoms with van der Waals surface area (Å²) in [5, 5.41) is -0.986. The molecule has 11 heteroatoms. The van der Waals surface area contributed by atoms with Gasteiger partial charge in [0.05, 0.1) is 39.4 Å². The van der Waals surface area contributed by atoms with Crippen molar-refractivity contribution in [2.45, 2.75) is 67.6 Å². The summed E-state index contributed by atoms with van der Waals surface area (Å²) in [6, 6.07) is 6.53. The lowest BCUT2D eigenvalue weighted by Gasteiger charge is -2.25. The fourth-order valence-electron chi connectivity index (χ4n) is 4.67. The predicted octanol–water partition coefficient (Wildman–Crippen LogP) is 4.36. The molecule has 1 saturated heterocycles. The van der Waals surface area contributed by atoms with Gasteiger partial charge in [0.2, 0.25) is 0 Å². The lowest BCUT2D eigenvalue weighted by Crippen LogP contribution is -2.31. The Bertz CT molecular complexity index is 1260. The first kappa shape index (κ1) is 25.1. The van der Waals surface area contributed by atoms with E-state index in [0.717, 1.165) is 12.1 Å². The highest BCUT2D eigenvalue weighted by atomic mass is 32.2. The van der Waals surface area contributed by atoms with Crippen LogP contribution in [0, 0.1) is 6.92 Å². The molecule has 1 aliphatic carbocycles. The van der Waals surface area contributed by atoms with E-state index < -0.39 is 47.7 Å². The Balaban J connectivity index is 1.56. The number of hydrogen-bond donors (Lipinski definition) is 0. The number of aromatic nitrogens is 1. The molecular weight excluding hydrogens is 491 g/mol. The first-order valence-corrected chi connectivity index (χ1v) is 14.5. The van der Waals surface area contributed by atoms with E-state index in [2.05, 4.69) is 4.98 Å². The zero-order valence-electron chi connectivity index (χ0n) is 18.6. The second-order valence-electron chi connectivity index (χ2n) is 8.98. The zero-order valence-corrected chi connectivity index (χ0v) is 20.2. The van der Waals surface area contributed by atoms with Crippen LogP contribution < -0.4 is 0 Å². The predicted molar refractivity (Wildman–Crippen MR) is 121 cm³/mol. The number of hydrogen-bond acceptors (Lipinski definition) is 6. The van der Waals surface area contributed by atoms with Crippen LogP contribution in [-0.4, -0.2) is 50.8 Å². The number of alkyl halides is 3. The number of pyridine rings is 1. The molecule has 0 amide bonds. The van der Waals surface area contributed by atoms with E-state index in [9.17, 15) is 30.0 Å². The molecule has 0 N–H and O–H groups in total. The Labute approximate surface area is 197 Å². The maximum Gasteiger partial charge on any atom is 0.417 e. The van der Waals surface area contributed by atoms with Crippen molar-refractivity contribution in [3.05, 3.63) is 47.8 Å². The van der Waals surface area contributed by atoms with Gasteiger partial charge >= 0.3 is 6.18 Å². The van der Waals surface area contributed by atoms with Gasteiger partial charge in [0, 0.05) is 11.9 Å². The quantitative estimate of drug-likeness (QED) is 0.585. The summed E-state index contributed by atoms with van der Waals surface area (Å²) in [4.78, 5) is 3.32. The van der Waals surface area contributed by atoms with Crippen LogP contribution in [0.2, 0.25) is 0 Å². The number of sulfone groups is 2. The second kappa shape index (κ2) is 9.23. The molecule has 1 aromatic carbocycles. The van der Waals surface area contributed by atoms with Crippen molar-refractivity contribution in [2.24, 2.45) is 0 Å². The van der Waals surface area contributed by atoms with Crippen molar-refractivity contribution in [3.8, 4) is 11.1 Å². The first-order chi connectivity index (χ1) is 15.8. The van der Waals surface area contributed by atoms with E-state index in [1.54, 1.807) is 19.1 Å². The molecule has 1 aromatic heterocycles. The van der Waals surface area contributed by atoms with Gasteiger partial charge in [0.15, 0.2) is 19.7 Å². The minimum absolute atomic E-state index is 0.0321. The molecule has 2 atom stereocenters. The van der Waals surface area contributed by atoms with Crippen molar-refractivity contribution in [1.82, 2.24) is 4.98 Å². The molecule has 1 saturated carbocycles. The Morgan fingerprint density at radius 2 is 1.65 bits per heavy atom. The van der Waals surface area contributed by atoms with Crippen LogP contribution in [0.5, 0.6) is 0 Å². The van der Waals surface area contributed by atoms with Gasteiger partial charge in [-0.1, -0.05) is 6.07 Å². The van der Waals surface area contributed by atoms with Gasteiger partial charge in [-0.05, 0) is 74.4 Å². The van der Waals surface area contributed by atoms with E-state index in [1.807, 2.05) is 0 Å². The molecular formula is C23H26F3NO5S2. The maximum atomic E-state index is 13.9. The monoisotopic (exact) mass is 517 g/mol. The molecule has 0 radical (unpaired) electrons. The Morgan fingerprint density at radius 1 is 0.971 bits per heavy atom. The van der Waals surface area contributed by atoms with Crippen molar-refractivity contribution in [3.63, 3.8) is 0 Å². The van der Waals surface area contributed by atoms with Gasteiger partial charge in [-0.3, -0.25) is 4.98 Å². The molecule has 0 bridgehead atoms. The van der Waals surface area contributed by atoms with Crippen molar-refractivity contribution in [2.75, 3.05) is 11.5 Å². The standard InChI is InChI=1S/C23H26F3NO5S2/c1-15-12-17(6-9-27-15)16-2-5-22(21(13-16)23(24,25)26)34(30,31)20-4-3-19(14-20)32-18-7-10-33(28,29)11-8-18/h2,5-6,9,12-13,18-20H,3-4,7-8,10-11,14H2,1H3/t19-,20-/m0/s1. The van der Waals surface area contributed by atoms with Crippen molar-refractivity contribution < 1.29 is 34.7 Å². The molecule has 34 heavy (non-hydrogen) atoms. The van der Waals surface area contributed by atoms with Crippen LogP contribution in [0.1, 0.15) is 43.4 Å². The van der Waals surface area contributed by atoms with Gasteiger partial charge in [0.1, 0.15) is 0 Å². The molecule has 4 rings (SSSR count). The lowest BCUT2D eigenvalue weighted by molar-refractivity contribution is -0.139. The Morgan fingerprint density at radius 3 is 2.29 bits per heavy atom. The topological polar surface area (TPSA) is 90.4 Å². The summed E-state index contributed by atoms with van der Waals surface area (Å²) < 4.78 is 97.5. The fraction of sp³-hybridized carbons (Fsp3) is 0.522. The highest BCUT2D eigenvalue weighted by molar-refractivity contribution is 7.92. The summed E-state index contributed by atoms with van der Waals surface area (Å²) in [6.45, 7) is 1.72. The van der Waals surface area contributed by atoms with E-state index in [-0.39, 0.29) is 36.0 Å². The van der Waals surface area contributed by atoms with Gasteiger partial charge < -0.3 is 4.74 Å². The summed E-state index contributed by atoms with van der Waals surface area (Å²) in [7, 11) is -7.31. The van der Waals surface area contributed by atoms with E-state index in [1.165, 1.54) is 12.3 Å². The molecule has 0 spiro atoms. The lowest BCUT2D eigenvalue weighted by atomic mass is 10.0. The second-order valence-corrected chi connectivity index (χ2v) is 13.5. The summed E-state index contributed by atoms with van der Waals surface area (Å²) >= 11 is 0. The van der Waals surface area contributed by atoms with Gasteiger partial charge in [-0.2, -0.15) is 13.2 Å². The average molecular weight is 518 g/mol. The molecule has 2 aliphatic rings. The normalized spacial score (nSPS) is 23.8.